The number of aromatic nitrogens is 1. The maximum Gasteiger partial charge on any atom is 0.234 e. The molecule has 7 heteroatoms. The van der Waals surface area contributed by atoms with Gasteiger partial charge in [-0.05, 0) is 61.7 Å². The molecule has 3 aliphatic rings. The van der Waals surface area contributed by atoms with Gasteiger partial charge in [0.2, 0.25) is 11.8 Å². The normalized spacial score (nSPS) is 32.7. The van der Waals surface area contributed by atoms with Crippen LogP contribution < -0.4 is 16.0 Å². The Labute approximate surface area is 169 Å². The molecule has 5 rings (SSSR count). The molecule has 3 aliphatic heterocycles. The summed E-state index contributed by atoms with van der Waals surface area (Å²) in [5.41, 5.74) is 1.45. The van der Waals surface area contributed by atoms with Gasteiger partial charge in [0.15, 0.2) is 0 Å². The van der Waals surface area contributed by atoms with Gasteiger partial charge in [0.25, 0.3) is 0 Å². The van der Waals surface area contributed by atoms with Crippen molar-refractivity contribution in [1.29, 1.82) is 0 Å². The molecule has 1 aromatic heterocycles. The van der Waals surface area contributed by atoms with Crippen molar-refractivity contribution in [1.82, 2.24) is 20.9 Å². The molecule has 4 heterocycles. The van der Waals surface area contributed by atoms with E-state index in [1.54, 1.807) is 6.20 Å². The van der Waals surface area contributed by atoms with E-state index in [1.807, 2.05) is 24.3 Å². The highest BCUT2D eigenvalue weighted by Gasteiger charge is 2.54. The van der Waals surface area contributed by atoms with Gasteiger partial charge in [-0.25, -0.2) is 0 Å². The van der Waals surface area contributed by atoms with Crippen LogP contribution in [-0.2, 0) is 15.2 Å². The molecule has 152 valence electrons. The monoisotopic (exact) mass is 394 g/mol. The summed E-state index contributed by atoms with van der Waals surface area (Å²) >= 11 is 0. The molecule has 3 saturated heterocycles. The number of carbonyl (C=O) groups excluding carboxylic acids is 2. The molecule has 1 aromatic carbocycles. The van der Waals surface area contributed by atoms with Crippen LogP contribution in [0.2, 0.25) is 0 Å². The molecule has 0 saturated carbocycles. The van der Waals surface area contributed by atoms with Crippen LogP contribution in [0, 0.1) is 5.41 Å². The van der Waals surface area contributed by atoms with Crippen molar-refractivity contribution in [2.45, 2.75) is 37.2 Å². The lowest BCUT2D eigenvalue weighted by molar-refractivity contribution is -0.134. The molecule has 0 aliphatic carbocycles. The lowest BCUT2D eigenvalue weighted by Crippen LogP contribution is -2.58. The van der Waals surface area contributed by atoms with E-state index in [0.29, 0.717) is 19.3 Å². The number of benzene rings is 1. The van der Waals surface area contributed by atoms with Crippen LogP contribution in [0.5, 0.6) is 0 Å². The van der Waals surface area contributed by atoms with Crippen molar-refractivity contribution in [2.24, 2.45) is 5.41 Å². The largest absolute Gasteiger partial charge is 0.384 e. The highest BCUT2D eigenvalue weighted by Crippen LogP contribution is 2.48. The molecule has 7 nitrogen and oxygen atoms in total. The fourth-order valence-electron chi connectivity index (χ4n) is 5.31. The predicted molar refractivity (Wildman–Crippen MR) is 108 cm³/mol. The minimum Gasteiger partial charge on any atom is -0.384 e. The number of pyridine rings is 1. The molecule has 3 fully saturated rings. The Morgan fingerprint density at radius 1 is 1.07 bits per heavy atom. The second kappa shape index (κ2) is 6.86. The first-order valence-electron chi connectivity index (χ1n) is 10.4. The number of hydrogen-bond acceptors (Lipinski definition) is 6. The van der Waals surface area contributed by atoms with Gasteiger partial charge in [-0.15, -0.1) is 0 Å². The Hall–Kier alpha value is -2.35. The third kappa shape index (κ3) is 2.96. The fourth-order valence-corrected chi connectivity index (χ4v) is 5.31. The first-order valence-corrected chi connectivity index (χ1v) is 10.4. The minimum atomic E-state index is -0.902. The Bertz CT molecular complexity index is 985. The van der Waals surface area contributed by atoms with Gasteiger partial charge in [-0.3, -0.25) is 19.9 Å². The molecule has 29 heavy (non-hydrogen) atoms. The number of aliphatic hydroxyl groups is 1. The first-order chi connectivity index (χ1) is 14.0. The molecule has 3 unspecified atom stereocenters. The van der Waals surface area contributed by atoms with E-state index in [9.17, 15) is 14.7 Å². The van der Waals surface area contributed by atoms with E-state index in [-0.39, 0.29) is 23.1 Å². The lowest BCUT2D eigenvalue weighted by Gasteiger charge is -2.49. The number of imide groups is 1. The van der Waals surface area contributed by atoms with Crippen molar-refractivity contribution in [3.63, 3.8) is 0 Å². The maximum absolute atomic E-state index is 12.3. The molecular weight excluding hydrogens is 368 g/mol. The number of nitrogens with one attached hydrogen (secondary N) is 3. The Kier molecular flexibility index (Phi) is 4.42. The molecule has 1 spiro atoms. The van der Waals surface area contributed by atoms with Crippen molar-refractivity contribution in [3.05, 3.63) is 41.6 Å². The summed E-state index contributed by atoms with van der Waals surface area (Å²) in [5, 5.41) is 22.0. The number of carbonyl (C=O) groups is 2. The van der Waals surface area contributed by atoms with E-state index in [4.69, 9.17) is 0 Å². The van der Waals surface area contributed by atoms with E-state index in [1.165, 1.54) is 0 Å². The van der Waals surface area contributed by atoms with E-state index < -0.39 is 5.60 Å². The van der Waals surface area contributed by atoms with Crippen LogP contribution in [0.1, 0.15) is 42.7 Å². The predicted octanol–water partition coefficient (Wildman–Crippen LogP) is 0.916. The minimum absolute atomic E-state index is 0.215. The number of piperidine rings is 2. The number of nitrogens with zero attached hydrogens (tertiary/aromatic N) is 1. The van der Waals surface area contributed by atoms with Gasteiger partial charge >= 0.3 is 0 Å². The second-order valence-corrected chi connectivity index (χ2v) is 8.67. The van der Waals surface area contributed by atoms with Gasteiger partial charge < -0.3 is 15.7 Å². The standard InChI is InChI=1S/C22H26N4O3/c27-19-4-2-17(20(28)26-19)15-9-14-10-16(1-3-18(14)25-11-15)22(29)6-8-24-13-21(22)5-7-23-12-21/h1,3,9-11,17,23-24,29H,2,4-8,12-13H2,(H,26,27,28). The second-order valence-electron chi connectivity index (χ2n) is 8.67. The van der Waals surface area contributed by atoms with Gasteiger partial charge in [-0.1, -0.05) is 6.07 Å². The van der Waals surface area contributed by atoms with Gasteiger partial charge in [-0.2, -0.15) is 0 Å². The van der Waals surface area contributed by atoms with Crippen LogP contribution in [0.25, 0.3) is 10.9 Å². The molecule has 0 bridgehead atoms. The Balaban J connectivity index is 1.54. The average Bonchev–Trinajstić information content (AvgIpc) is 3.19. The third-order valence-corrected chi connectivity index (χ3v) is 7.07. The van der Waals surface area contributed by atoms with Gasteiger partial charge in [0, 0.05) is 36.5 Å². The summed E-state index contributed by atoms with van der Waals surface area (Å²) in [6.45, 7) is 3.29. The maximum atomic E-state index is 12.3. The fraction of sp³-hybridized carbons (Fsp3) is 0.500. The molecule has 4 N–H and O–H groups in total. The summed E-state index contributed by atoms with van der Waals surface area (Å²) in [6.07, 6.45) is 4.17. The number of amides is 2. The van der Waals surface area contributed by atoms with Gasteiger partial charge in [0.05, 0.1) is 17.0 Å². The van der Waals surface area contributed by atoms with Crippen molar-refractivity contribution < 1.29 is 14.7 Å². The lowest BCUT2D eigenvalue weighted by atomic mass is 9.64. The summed E-state index contributed by atoms with van der Waals surface area (Å²) < 4.78 is 0. The average molecular weight is 394 g/mol. The molecular formula is C22H26N4O3. The van der Waals surface area contributed by atoms with Crippen LogP contribution in [-0.4, -0.2) is 48.1 Å². The summed E-state index contributed by atoms with van der Waals surface area (Å²) in [5.74, 6) is -0.835. The zero-order valence-electron chi connectivity index (χ0n) is 16.3. The van der Waals surface area contributed by atoms with Crippen LogP contribution in [0.4, 0.5) is 0 Å². The highest BCUT2D eigenvalue weighted by atomic mass is 16.3. The Morgan fingerprint density at radius 2 is 1.86 bits per heavy atom. The van der Waals surface area contributed by atoms with Crippen molar-refractivity contribution in [3.8, 4) is 0 Å². The van der Waals surface area contributed by atoms with Crippen LogP contribution in [0.3, 0.4) is 0 Å². The van der Waals surface area contributed by atoms with E-state index in [0.717, 1.165) is 54.6 Å². The summed E-state index contributed by atoms with van der Waals surface area (Å²) in [4.78, 5) is 28.3. The van der Waals surface area contributed by atoms with E-state index >= 15 is 0 Å². The molecule has 2 aromatic rings. The smallest absolute Gasteiger partial charge is 0.234 e. The van der Waals surface area contributed by atoms with Crippen LogP contribution in [0.15, 0.2) is 30.5 Å². The van der Waals surface area contributed by atoms with E-state index in [2.05, 4.69) is 20.9 Å². The SMILES string of the molecule is O=C1CCC(c2cnc3ccc(C4(O)CCNCC45CCNC5)cc3c2)C(=O)N1. The number of rotatable bonds is 2. The molecule has 0 radical (unpaired) electrons. The first kappa shape index (κ1) is 18.7. The van der Waals surface area contributed by atoms with Crippen LogP contribution >= 0.6 is 0 Å². The van der Waals surface area contributed by atoms with Crippen molar-refractivity contribution >= 4 is 22.7 Å². The zero-order chi connectivity index (χ0) is 20.1. The zero-order valence-corrected chi connectivity index (χ0v) is 16.3. The molecule has 3 atom stereocenters. The van der Waals surface area contributed by atoms with Crippen molar-refractivity contribution in [2.75, 3.05) is 26.2 Å². The summed E-state index contributed by atoms with van der Waals surface area (Å²) in [6, 6.07) is 7.96. The molecule has 2 amide bonds. The van der Waals surface area contributed by atoms with Gasteiger partial charge in [0.1, 0.15) is 0 Å². The highest BCUT2D eigenvalue weighted by molar-refractivity contribution is 6.01. The number of fused-ring (bicyclic) bond motifs is 1. The summed E-state index contributed by atoms with van der Waals surface area (Å²) in [7, 11) is 0. The topological polar surface area (TPSA) is 103 Å². The Morgan fingerprint density at radius 3 is 2.66 bits per heavy atom. The number of hydrogen-bond donors (Lipinski definition) is 4. The third-order valence-electron chi connectivity index (χ3n) is 7.07. The quantitative estimate of drug-likeness (QED) is 0.565.